The molecule has 0 saturated heterocycles. The highest BCUT2D eigenvalue weighted by Gasteiger charge is 2.30. The third-order valence-electron chi connectivity index (χ3n) is 4.29. The van der Waals surface area contributed by atoms with Crippen LogP contribution in [-0.2, 0) is 20.8 Å². The van der Waals surface area contributed by atoms with Crippen molar-refractivity contribution in [2.75, 3.05) is 0 Å². The number of benzene rings is 1. The van der Waals surface area contributed by atoms with Crippen molar-refractivity contribution >= 4 is 17.9 Å². The van der Waals surface area contributed by atoms with Crippen molar-refractivity contribution < 1.29 is 19.2 Å². The molecule has 1 aliphatic carbocycles. The maximum Gasteiger partial charge on any atom is 0.407 e. The Hall–Kier alpha value is -2.57. The molecule has 7 heteroatoms. The first-order valence-corrected chi connectivity index (χ1v) is 9.20. The zero-order valence-corrected chi connectivity index (χ0v) is 16.5. The maximum absolute atomic E-state index is 11.9. The Morgan fingerprint density at radius 2 is 1.89 bits per heavy atom. The summed E-state index contributed by atoms with van der Waals surface area (Å²) >= 11 is 0. The number of hydrogen-bond acceptors (Lipinski definition) is 5. The lowest BCUT2D eigenvalue weighted by Gasteiger charge is -2.21. The normalized spacial score (nSPS) is 20.2. The van der Waals surface area contributed by atoms with E-state index in [0.717, 1.165) is 24.0 Å². The molecule has 0 bridgehead atoms. The van der Waals surface area contributed by atoms with E-state index in [9.17, 15) is 9.59 Å². The van der Waals surface area contributed by atoms with E-state index in [1.165, 1.54) is 0 Å². The lowest BCUT2D eigenvalue weighted by molar-refractivity contribution is -0.142. The Labute approximate surface area is 160 Å². The Balaban J connectivity index is 1.78. The van der Waals surface area contributed by atoms with Crippen LogP contribution in [0, 0.1) is 12.8 Å². The summed E-state index contributed by atoms with van der Waals surface area (Å²) in [6.07, 6.45) is 1.89. The first-order chi connectivity index (χ1) is 12.6. The summed E-state index contributed by atoms with van der Waals surface area (Å²) in [4.78, 5) is 28.7. The second-order valence-electron chi connectivity index (χ2n) is 7.99. The minimum atomic E-state index is -0.534. The van der Waals surface area contributed by atoms with Crippen LogP contribution in [0.5, 0.6) is 0 Å². The number of nitrogens with one attached hydrogen (secondary N) is 1. The first kappa shape index (κ1) is 20.7. The Bertz CT molecular complexity index is 692. The fourth-order valence-electron chi connectivity index (χ4n) is 2.94. The Morgan fingerprint density at radius 3 is 2.52 bits per heavy atom. The van der Waals surface area contributed by atoms with Crippen LogP contribution in [0.15, 0.2) is 29.4 Å². The zero-order chi connectivity index (χ0) is 20.0. The second kappa shape index (κ2) is 8.88. The summed E-state index contributed by atoms with van der Waals surface area (Å²) in [5.74, 6) is -0.207. The van der Waals surface area contributed by atoms with E-state index in [4.69, 9.17) is 15.3 Å². The van der Waals surface area contributed by atoms with E-state index >= 15 is 0 Å². The van der Waals surface area contributed by atoms with E-state index in [1.54, 1.807) is 0 Å². The number of carbonyl (C=O) groups is 2. The molecule has 148 valence electrons. The summed E-state index contributed by atoms with van der Waals surface area (Å²) < 4.78 is 5.26. The number of carbonyl (C=O) groups excluding carboxylic acids is 2. The molecule has 1 aromatic carbocycles. The molecule has 0 spiro atoms. The van der Waals surface area contributed by atoms with Gasteiger partial charge in [0.1, 0.15) is 11.4 Å². The molecule has 1 amide bonds. The highest BCUT2D eigenvalue weighted by Crippen LogP contribution is 2.26. The van der Waals surface area contributed by atoms with Gasteiger partial charge in [-0.3, -0.25) is 0 Å². The van der Waals surface area contributed by atoms with Gasteiger partial charge in [-0.2, -0.15) is 0 Å². The number of rotatable bonds is 5. The van der Waals surface area contributed by atoms with Gasteiger partial charge in [0.25, 0.3) is 0 Å². The standard InChI is InChI=1S/C20H29N3O4/c1-13-5-7-14(8-6-13)11-17(24)27-23-18(21)15-9-10-16(12-15)22-19(25)26-20(2,3)4/h5-8,15-16H,9-12H2,1-4H3,(H2,21,23)(H,22,25)/t15-,16-/m0/s1. The quantitative estimate of drug-likeness (QED) is 0.356. The van der Waals surface area contributed by atoms with E-state index in [-0.39, 0.29) is 24.2 Å². The number of oxime groups is 1. The molecule has 1 aliphatic rings. The highest BCUT2D eigenvalue weighted by atomic mass is 16.7. The zero-order valence-electron chi connectivity index (χ0n) is 16.5. The maximum atomic E-state index is 11.9. The van der Waals surface area contributed by atoms with Crippen molar-refractivity contribution in [1.29, 1.82) is 0 Å². The summed E-state index contributed by atoms with van der Waals surface area (Å²) in [6.45, 7) is 7.44. The van der Waals surface area contributed by atoms with Gasteiger partial charge < -0.3 is 20.6 Å². The summed E-state index contributed by atoms with van der Waals surface area (Å²) in [6, 6.07) is 7.62. The van der Waals surface area contributed by atoms with Crippen LogP contribution in [0.4, 0.5) is 4.79 Å². The van der Waals surface area contributed by atoms with E-state index in [2.05, 4.69) is 10.5 Å². The first-order valence-electron chi connectivity index (χ1n) is 9.20. The van der Waals surface area contributed by atoms with Gasteiger partial charge in [-0.05, 0) is 52.5 Å². The largest absolute Gasteiger partial charge is 0.444 e. The minimum absolute atomic E-state index is 0.0261. The van der Waals surface area contributed by atoms with Gasteiger partial charge in [0, 0.05) is 12.0 Å². The van der Waals surface area contributed by atoms with Crippen LogP contribution in [0.2, 0.25) is 0 Å². The number of hydrogen-bond donors (Lipinski definition) is 2. The van der Waals surface area contributed by atoms with Gasteiger partial charge in [0.2, 0.25) is 0 Å². The van der Waals surface area contributed by atoms with Gasteiger partial charge in [0.05, 0.1) is 6.42 Å². The number of nitrogens with zero attached hydrogens (tertiary/aromatic N) is 1. The molecular formula is C20H29N3O4. The third kappa shape index (κ3) is 7.29. The van der Waals surface area contributed by atoms with Crippen molar-refractivity contribution in [2.24, 2.45) is 16.8 Å². The lowest BCUT2D eigenvalue weighted by atomic mass is 10.1. The number of amides is 1. The SMILES string of the molecule is Cc1ccc(CC(=O)ON=C(N)[C@H]2CC[C@H](NC(=O)OC(C)(C)C)C2)cc1. The molecule has 1 aromatic rings. The van der Waals surface area contributed by atoms with Gasteiger partial charge in [-0.1, -0.05) is 35.0 Å². The van der Waals surface area contributed by atoms with Crippen molar-refractivity contribution in [3.63, 3.8) is 0 Å². The molecule has 2 atom stereocenters. The van der Waals surface area contributed by atoms with Crippen LogP contribution in [0.3, 0.4) is 0 Å². The fourth-order valence-corrected chi connectivity index (χ4v) is 2.94. The van der Waals surface area contributed by atoms with E-state index < -0.39 is 17.7 Å². The molecule has 0 heterocycles. The molecule has 27 heavy (non-hydrogen) atoms. The highest BCUT2D eigenvalue weighted by molar-refractivity contribution is 5.84. The predicted molar refractivity (Wildman–Crippen MR) is 103 cm³/mol. The topological polar surface area (TPSA) is 103 Å². The van der Waals surface area contributed by atoms with Crippen LogP contribution < -0.4 is 11.1 Å². The lowest BCUT2D eigenvalue weighted by Crippen LogP contribution is -2.38. The molecule has 0 aliphatic heterocycles. The van der Waals surface area contributed by atoms with Crippen LogP contribution >= 0.6 is 0 Å². The number of aryl methyl sites for hydroxylation is 1. The average molecular weight is 375 g/mol. The average Bonchev–Trinajstić information content (AvgIpc) is 3.01. The molecule has 3 N–H and O–H groups in total. The molecule has 1 fully saturated rings. The van der Waals surface area contributed by atoms with Crippen LogP contribution in [0.25, 0.3) is 0 Å². The van der Waals surface area contributed by atoms with Crippen molar-refractivity contribution in [2.45, 2.75) is 65.0 Å². The molecule has 7 nitrogen and oxygen atoms in total. The smallest absolute Gasteiger partial charge is 0.407 e. The summed E-state index contributed by atoms with van der Waals surface area (Å²) in [5, 5.41) is 6.64. The number of amidine groups is 1. The molecular weight excluding hydrogens is 346 g/mol. The molecule has 0 radical (unpaired) electrons. The Morgan fingerprint density at radius 1 is 1.22 bits per heavy atom. The van der Waals surface area contributed by atoms with Crippen LogP contribution in [-0.4, -0.2) is 29.5 Å². The second-order valence-corrected chi connectivity index (χ2v) is 7.99. The van der Waals surface area contributed by atoms with Crippen molar-refractivity contribution in [3.8, 4) is 0 Å². The predicted octanol–water partition coefficient (Wildman–Crippen LogP) is 3.05. The summed E-state index contributed by atoms with van der Waals surface area (Å²) in [5.41, 5.74) is 7.42. The number of alkyl carbamates (subject to hydrolysis) is 1. The number of ether oxygens (including phenoxy) is 1. The van der Waals surface area contributed by atoms with Crippen molar-refractivity contribution in [1.82, 2.24) is 5.32 Å². The fraction of sp³-hybridized carbons (Fsp3) is 0.550. The van der Waals surface area contributed by atoms with Gasteiger partial charge >= 0.3 is 12.1 Å². The Kier molecular flexibility index (Phi) is 6.82. The number of nitrogens with two attached hydrogens (primary N) is 1. The van der Waals surface area contributed by atoms with Gasteiger partial charge in [-0.25, -0.2) is 9.59 Å². The molecule has 0 aromatic heterocycles. The van der Waals surface area contributed by atoms with Crippen molar-refractivity contribution in [3.05, 3.63) is 35.4 Å². The molecule has 1 saturated carbocycles. The minimum Gasteiger partial charge on any atom is -0.444 e. The van der Waals surface area contributed by atoms with Gasteiger partial charge in [-0.15, -0.1) is 0 Å². The monoisotopic (exact) mass is 375 g/mol. The summed E-state index contributed by atoms with van der Waals surface area (Å²) in [7, 11) is 0. The third-order valence-corrected chi connectivity index (χ3v) is 4.29. The van der Waals surface area contributed by atoms with Crippen LogP contribution in [0.1, 0.15) is 51.2 Å². The van der Waals surface area contributed by atoms with Gasteiger partial charge in [0.15, 0.2) is 0 Å². The van der Waals surface area contributed by atoms with E-state index in [1.807, 2.05) is 52.0 Å². The van der Waals surface area contributed by atoms with E-state index in [0.29, 0.717) is 6.42 Å². The molecule has 2 rings (SSSR count). The molecule has 0 unspecified atom stereocenters.